The van der Waals surface area contributed by atoms with Gasteiger partial charge >= 0.3 is 0 Å². The molecule has 3 heterocycles. The van der Waals surface area contributed by atoms with E-state index in [9.17, 15) is 4.39 Å². The van der Waals surface area contributed by atoms with E-state index in [0.29, 0.717) is 49.4 Å². The quantitative estimate of drug-likeness (QED) is 0.276. The zero-order valence-corrected chi connectivity index (χ0v) is 21.0. The highest BCUT2D eigenvalue weighted by Gasteiger charge is 2.26. The molecule has 0 spiro atoms. The van der Waals surface area contributed by atoms with Gasteiger partial charge in [-0.3, -0.25) is 9.97 Å². The van der Waals surface area contributed by atoms with Crippen LogP contribution in [0.2, 0.25) is 10.0 Å². The summed E-state index contributed by atoms with van der Waals surface area (Å²) in [5.41, 5.74) is 3.58. The smallest absolute Gasteiger partial charge is 0.133 e. The molecule has 7 heteroatoms. The largest absolute Gasteiger partial charge is 0.301 e. The molecule has 0 amide bonds. The van der Waals surface area contributed by atoms with Crippen LogP contribution in [0.15, 0.2) is 54.7 Å². The molecule has 2 aromatic carbocycles. The third-order valence-electron chi connectivity index (χ3n) is 6.85. The number of pyridine rings is 2. The molecule has 1 aliphatic rings. The van der Waals surface area contributed by atoms with E-state index in [1.807, 2.05) is 6.07 Å². The lowest BCUT2D eigenvalue weighted by Gasteiger charge is -2.34. The van der Waals surface area contributed by atoms with Crippen LogP contribution in [0.25, 0.3) is 33.3 Å². The minimum Gasteiger partial charge on any atom is -0.301 e. The number of likely N-dealkylation sites (tertiary alicyclic amines) is 1. The van der Waals surface area contributed by atoms with Crippen molar-refractivity contribution < 1.29 is 8.78 Å². The van der Waals surface area contributed by atoms with Crippen LogP contribution in [0.5, 0.6) is 0 Å². The van der Waals surface area contributed by atoms with Gasteiger partial charge in [0.25, 0.3) is 0 Å². The summed E-state index contributed by atoms with van der Waals surface area (Å²) in [4.78, 5) is 12.1. The lowest BCUT2D eigenvalue weighted by atomic mass is 9.89. The van der Waals surface area contributed by atoms with Crippen LogP contribution < -0.4 is 0 Å². The highest BCUT2D eigenvalue weighted by atomic mass is 35.5. The van der Waals surface area contributed by atoms with E-state index in [0.717, 1.165) is 37.7 Å². The average molecular weight is 512 g/mol. The van der Waals surface area contributed by atoms with Gasteiger partial charge < -0.3 is 4.90 Å². The van der Waals surface area contributed by atoms with Gasteiger partial charge in [-0.05, 0) is 81.7 Å². The summed E-state index contributed by atoms with van der Waals surface area (Å²) in [6.07, 6.45) is 3.54. The van der Waals surface area contributed by atoms with Gasteiger partial charge in [-0.15, -0.1) is 0 Å². The van der Waals surface area contributed by atoms with E-state index in [4.69, 9.17) is 28.2 Å². The summed E-state index contributed by atoms with van der Waals surface area (Å²) in [5, 5.41) is 1.63. The van der Waals surface area contributed by atoms with Crippen molar-refractivity contribution >= 4 is 34.1 Å². The Hall–Kier alpha value is -2.60. The maximum atomic E-state index is 15.0. The number of halogens is 4. The van der Waals surface area contributed by atoms with Crippen LogP contribution in [0, 0.1) is 11.6 Å². The summed E-state index contributed by atoms with van der Waals surface area (Å²) >= 11 is 13.1. The van der Waals surface area contributed by atoms with E-state index < -0.39 is 11.6 Å². The Morgan fingerprint density at radius 3 is 2.31 bits per heavy atom. The normalized spacial score (nSPS) is 15.3. The van der Waals surface area contributed by atoms with Crippen molar-refractivity contribution in [3.8, 4) is 22.4 Å². The second-order valence-corrected chi connectivity index (χ2v) is 10.1. The number of piperidine rings is 1. The number of aromatic nitrogens is 2. The molecule has 1 fully saturated rings. The summed E-state index contributed by atoms with van der Waals surface area (Å²) in [5.74, 6) is -1.02. The number of rotatable bonds is 4. The number of hydrogen-bond acceptors (Lipinski definition) is 3. The summed E-state index contributed by atoms with van der Waals surface area (Å²) in [6.45, 7) is 6.35. The van der Waals surface area contributed by atoms with E-state index in [1.165, 1.54) is 12.1 Å². The molecule has 0 unspecified atom stereocenters. The Kier molecular flexibility index (Phi) is 6.75. The fourth-order valence-corrected chi connectivity index (χ4v) is 5.51. The SMILES string of the molecule is CC(C)N1CCC(c2cc(-c3ccc(F)cc3F)c3ccnc(-c4c(Cl)cccc4Cl)c3n2)CC1. The van der Waals surface area contributed by atoms with Crippen LogP contribution in [-0.4, -0.2) is 34.0 Å². The van der Waals surface area contributed by atoms with E-state index in [1.54, 1.807) is 30.5 Å². The van der Waals surface area contributed by atoms with Crippen LogP contribution in [0.3, 0.4) is 0 Å². The first-order valence-electron chi connectivity index (χ1n) is 11.8. The van der Waals surface area contributed by atoms with Crippen molar-refractivity contribution in [3.63, 3.8) is 0 Å². The molecule has 0 radical (unpaired) electrons. The molecule has 0 bridgehead atoms. The maximum absolute atomic E-state index is 15.0. The number of benzene rings is 2. The minimum absolute atomic E-state index is 0.214. The lowest BCUT2D eigenvalue weighted by Crippen LogP contribution is -2.38. The Bertz CT molecular complexity index is 1380. The van der Waals surface area contributed by atoms with E-state index >= 15 is 4.39 Å². The molecule has 5 rings (SSSR count). The summed E-state index contributed by atoms with van der Waals surface area (Å²) < 4.78 is 28.7. The molecule has 35 heavy (non-hydrogen) atoms. The Morgan fingerprint density at radius 1 is 0.943 bits per heavy atom. The Morgan fingerprint density at radius 2 is 1.66 bits per heavy atom. The third kappa shape index (κ3) is 4.65. The van der Waals surface area contributed by atoms with Crippen LogP contribution in [0.4, 0.5) is 8.78 Å². The second kappa shape index (κ2) is 9.81. The molecule has 2 aromatic heterocycles. The predicted molar refractivity (Wildman–Crippen MR) is 139 cm³/mol. The monoisotopic (exact) mass is 511 g/mol. The fraction of sp³-hybridized carbons (Fsp3) is 0.286. The van der Waals surface area contributed by atoms with Crippen LogP contribution >= 0.6 is 23.2 Å². The van der Waals surface area contributed by atoms with Gasteiger partial charge in [0.1, 0.15) is 11.6 Å². The molecule has 180 valence electrons. The van der Waals surface area contributed by atoms with Crippen LogP contribution in [0.1, 0.15) is 38.3 Å². The first kappa shape index (κ1) is 24.1. The maximum Gasteiger partial charge on any atom is 0.133 e. The van der Waals surface area contributed by atoms with Gasteiger partial charge in [-0.2, -0.15) is 0 Å². The third-order valence-corrected chi connectivity index (χ3v) is 7.48. The summed E-state index contributed by atoms with van der Waals surface area (Å²) in [6, 6.07) is 13.2. The molecule has 4 aromatic rings. The second-order valence-electron chi connectivity index (χ2n) is 9.28. The zero-order chi connectivity index (χ0) is 24.7. The van der Waals surface area contributed by atoms with Crippen LogP contribution in [-0.2, 0) is 0 Å². The van der Waals surface area contributed by atoms with Gasteiger partial charge in [0, 0.05) is 46.4 Å². The molecule has 1 aliphatic heterocycles. The topological polar surface area (TPSA) is 29.0 Å². The van der Waals surface area contributed by atoms with E-state index in [-0.39, 0.29) is 5.92 Å². The van der Waals surface area contributed by atoms with Crippen molar-refractivity contribution in [2.75, 3.05) is 13.1 Å². The Balaban J connectivity index is 1.74. The highest BCUT2D eigenvalue weighted by Crippen LogP contribution is 2.41. The molecule has 0 N–H and O–H groups in total. The Labute approximate surface area is 213 Å². The van der Waals surface area contributed by atoms with Gasteiger partial charge in [-0.1, -0.05) is 29.3 Å². The summed E-state index contributed by atoms with van der Waals surface area (Å²) in [7, 11) is 0. The van der Waals surface area contributed by atoms with Crippen molar-refractivity contribution in [2.24, 2.45) is 0 Å². The highest BCUT2D eigenvalue weighted by molar-refractivity contribution is 6.39. The minimum atomic E-state index is -0.618. The lowest BCUT2D eigenvalue weighted by molar-refractivity contribution is 0.171. The van der Waals surface area contributed by atoms with E-state index in [2.05, 4.69) is 23.7 Å². The number of hydrogen-bond donors (Lipinski definition) is 0. The fourth-order valence-electron chi connectivity index (χ4n) is 4.93. The van der Waals surface area contributed by atoms with Gasteiger partial charge in [0.2, 0.25) is 0 Å². The average Bonchev–Trinajstić information content (AvgIpc) is 2.84. The van der Waals surface area contributed by atoms with Crippen molar-refractivity contribution in [2.45, 2.75) is 38.6 Å². The number of nitrogens with zero attached hydrogens (tertiary/aromatic N) is 3. The van der Waals surface area contributed by atoms with Crippen molar-refractivity contribution in [3.05, 3.63) is 82.1 Å². The molecular weight excluding hydrogens is 487 g/mol. The van der Waals surface area contributed by atoms with Crippen molar-refractivity contribution in [1.82, 2.24) is 14.9 Å². The molecule has 0 saturated carbocycles. The first-order chi connectivity index (χ1) is 16.8. The molecule has 0 aliphatic carbocycles. The predicted octanol–water partition coefficient (Wildman–Crippen LogP) is 8.14. The zero-order valence-electron chi connectivity index (χ0n) is 19.5. The van der Waals surface area contributed by atoms with Gasteiger partial charge in [-0.25, -0.2) is 8.78 Å². The van der Waals surface area contributed by atoms with Gasteiger partial charge in [0.05, 0.1) is 21.3 Å². The molecule has 0 atom stereocenters. The van der Waals surface area contributed by atoms with Crippen molar-refractivity contribution in [1.29, 1.82) is 0 Å². The van der Waals surface area contributed by atoms with Gasteiger partial charge in [0.15, 0.2) is 0 Å². The molecule has 3 nitrogen and oxygen atoms in total. The molecule has 1 saturated heterocycles. The molecular formula is C28H25Cl2F2N3. The number of fused-ring (bicyclic) bond motifs is 1. The first-order valence-corrected chi connectivity index (χ1v) is 12.5. The standard InChI is InChI=1S/C28H25Cl2F2N3/c1-16(2)35-12-9-17(10-13-35)25-15-21(19-7-6-18(31)14-24(19)32)20-8-11-33-28(27(20)34-25)26-22(29)4-3-5-23(26)30/h3-8,11,14-17H,9-10,12-13H2,1-2H3.